The van der Waals surface area contributed by atoms with Crippen molar-refractivity contribution in [3.05, 3.63) is 35.1 Å². The molecule has 2 rings (SSSR count). The number of nitrogens with zero attached hydrogens (tertiary/aromatic N) is 4. The lowest BCUT2D eigenvalue weighted by Crippen LogP contribution is -2.04. The molecule has 2 aromatic heterocycles. The predicted molar refractivity (Wildman–Crippen MR) is 57.3 cm³/mol. The molecule has 0 saturated carbocycles. The first-order valence-corrected chi connectivity index (χ1v) is 5.11. The fourth-order valence-electron chi connectivity index (χ4n) is 1.07. The van der Waals surface area contributed by atoms with Crippen molar-refractivity contribution < 1.29 is 4.74 Å². The van der Waals surface area contributed by atoms with Crippen molar-refractivity contribution in [2.75, 3.05) is 0 Å². The molecule has 0 radical (unpaired) electrons. The molecule has 5 nitrogen and oxygen atoms in total. The van der Waals surface area contributed by atoms with Gasteiger partial charge >= 0.3 is 0 Å². The summed E-state index contributed by atoms with van der Waals surface area (Å²) < 4.78 is 8.06. The van der Waals surface area contributed by atoms with E-state index in [-0.39, 0.29) is 0 Å². The maximum absolute atomic E-state index is 5.50. The highest BCUT2D eigenvalue weighted by Gasteiger charge is 2.01. The van der Waals surface area contributed by atoms with Crippen molar-refractivity contribution in [1.29, 1.82) is 0 Å². The normalized spacial score (nSPS) is 10.3. The molecule has 2 heterocycles. The smallest absolute Gasteiger partial charge is 0.164 e. The van der Waals surface area contributed by atoms with Gasteiger partial charge in [-0.2, -0.15) is 5.10 Å². The van der Waals surface area contributed by atoms with Crippen molar-refractivity contribution in [2.24, 2.45) is 7.05 Å². The maximum Gasteiger partial charge on any atom is 0.164 e. The van der Waals surface area contributed by atoms with E-state index in [1.165, 1.54) is 6.33 Å². The van der Waals surface area contributed by atoms with E-state index in [0.29, 0.717) is 12.4 Å². The quantitative estimate of drug-likeness (QED) is 0.848. The zero-order chi connectivity index (χ0) is 10.7. The molecule has 0 aromatic carbocycles. The van der Waals surface area contributed by atoms with E-state index in [2.05, 4.69) is 31.0 Å². The number of pyridine rings is 1. The summed E-state index contributed by atoms with van der Waals surface area (Å²) in [6, 6.07) is 1.85. The lowest BCUT2D eigenvalue weighted by Gasteiger charge is -2.04. The molecule has 6 heteroatoms. The van der Waals surface area contributed by atoms with E-state index in [4.69, 9.17) is 4.74 Å². The van der Waals surface area contributed by atoms with Gasteiger partial charge in [-0.3, -0.25) is 9.67 Å². The molecule has 0 aliphatic heterocycles. The zero-order valence-corrected chi connectivity index (χ0v) is 9.68. The van der Waals surface area contributed by atoms with E-state index < -0.39 is 0 Å². The minimum absolute atomic E-state index is 0.384. The Morgan fingerprint density at radius 1 is 1.47 bits per heavy atom. The standard InChI is InChI=1S/C9H9BrN4O/c1-14-9(12-6-13-14)5-15-8-2-7(10)3-11-4-8/h2-4,6H,5H2,1H3. The number of ether oxygens (including phenoxy) is 1. The van der Waals surface area contributed by atoms with E-state index in [0.717, 1.165) is 10.3 Å². The number of hydrogen-bond donors (Lipinski definition) is 0. The number of rotatable bonds is 3. The summed E-state index contributed by atoms with van der Waals surface area (Å²) >= 11 is 3.32. The lowest BCUT2D eigenvalue weighted by molar-refractivity contribution is 0.288. The van der Waals surface area contributed by atoms with Crippen LogP contribution in [0.1, 0.15) is 5.82 Å². The number of halogens is 1. The van der Waals surface area contributed by atoms with Gasteiger partial charge in [0.05, 0.1) is 6.20 Å². The van der Waals surface area contributed by atoms with Gasteiger partial charge in [0.2, 0.25) is 0 Å². The monoisotopic (exact) mass is 268 g/mol. The van der Waals surface area contributed by atoms with Crippen molar-refractivity contribution in [3.8, 4) is 5.75 Å². The Kier molecular flexibility index (Phi) is 2.96. The predicted octanol–water partition coefficient (Wildman–Crippen LogP) is 1.55. The molecule has 0 fully saturated rings. The van der Waals surface area contributed by atoms with E-state index in [1.807, 2.05) is 13.1 Å². The van der Waals surface area contributed by atoms with Gasteiger partial charge in [0.15, 0.2) is 5.82 Å². The lowest BCUT2D eigenvalue weighted by atomic mass is 10.5. The highest BCUT2D eigenvalue weighted by molar-refractivity contribution is 9.10. The first-order chi connectivity index (χ1) is 7.25. The molecule has 0 unspecified atom stereocenters. The van der Waals surface area contributed by atoms with Crippen molar-refractivity contribution in [2.45, 2.75) is 6.61 Å². The molecule has 2 aromatic rings. The van der Waals surface area contributed by atoms with Crippen LogP contribution < -0.4 is 4.74 Å². The van der Waals surface area contributed by atoms with Gasteiger partial charge in [0, 0.05) is 17.7 Å². The van der Waals surface area contributed by atoms with Crippen LogP contribution in [0.3, 0.4) is 0 Å². The maximum atomic E-state index is 5.50. The Hall–Kier alpha value is -1.43. The summed E-state index contributed by atoms with van der Waals surface area (Å²) in [7, 11) is 1.82. The molecular weight excluding hydrogens is 260 g/mol. The Balaban J connectivity index is 2.02. The van der Waals surface area contributed by atoms with Crippen molar-refractivity contribution >= 4 is 15.9 Å². The largest absolute Gasteiger partial charge is 0.484 e. The first-order valence-electron chi connectivity index (χ1n) is 4.32. The van der Waals surface area contributed by atoms with E-state index in [1.54, 1.807) is 17.1 Å². The van der Waals surface area contributed by atoms with Gasteiger partial charge in [-0.15, -0.1) is 0 Å². The van der Waals surface area contributed by atoms with Crippen molar-refractivity contribution in [1.82, 2.24) is 19.7 Å². The fourth-order valence-corrected chi connectivity index (χ4v) is 1.41. The molecular formula is C9H9BrN4O. The fraction of sp³-hybridized carbons (Fsp3) is 0.222. The van der Waals surface area contributed by atoms with Crippen molar-refractivity contribution in [3.63, 3.8) is 0 Å². The second-order valence-electron chi connectivity index (χ2n) is 2.93. The summed E-state index contributed by atoms with van der Waals surface area (Å²) in [5.74, 6) is 1.47. The van der Waals surface area contributed by atoms with E-state index >= 15 is 0 Å². The van der Waals surface area contributed by atoms with Gasteiger partial charge in [0.1, 0.15) is 18.7 Å². The Labute approximate surface area is 95.2 Å². The molecule has 0 atom stereocenters. The topological polar surface area (TPSA) is 52.8 Å². The molecule has 78 valence electrons. The Bertz CT molecular complexity index is 457. The second-order valence-corrected chi connectivity index (χ2v) is 3.84. The van der Waals surface area contributed by atoms with Crippen LogP contribution in [0.4, 0.5) is 0 Å². The third-order valence-electron chi connectivity index (χ3n) is 1.85. The molecule has 0 aliphatic carbocycles. The molecule has 0 spiro atoms. The number of aryl methyl sites for hydroxylation is 1. The Morgan fingerprint density at radius 2 is 2.33 bits per heavy atom. The summed E-state index contributed by atoms with van der Waals surface area (Å²) in [6.45, 7) is 0.384. The van der Waals surface area contributed by atoms with Gasteiger partial charge in [-0.05, 0) is 22.0 Å². The highest BCUT2D eigenvalue weighted by atomic mass is 79.9. The second kappa shape index (κ2) is 4.39. The van der Waals surface area contributed by atoms with Crippen LogP contribution in [-0.4, -0.2) is 19.7 Å². The molecule has 0 N–H and O–H groups in total. The number of aromatic nitrogens is 4. The summed E-state index contributed by atoms with van der Waals surface area (Å²) in [4.78, 5) is 8.04. The average Bonchev–Trinajstić information content (AvgIpc) is 2.61. The summed E-state index contributed by atoms with van der Waals surface area (Å²) in [5, 5.41) is 3.95. The van der Waals surface area contributed by atoms with Crippen LogP contribution in [-0.2, 0) is 13.7 Å². The zero-order valence-electron chi connectivity index (χ0n) is 8.09. The van der Waals surface area contributed by atoms with Crippen LogP contribution in [0.15, 0.2) is 29.3 Å². The minimum atomic E-state index is 0.384. The third kappa shape index (κ3) is 2.53. The molecule has 15 heavy (non-hydrogen) atoms. The highest BCUT2D eigenvalue weighted by Crippen LogP contribution is 2.16. The Morgan fingerprint density at radius 3 is 3.00 bits per heavy atom. The van der Waals surface area contributed by atoms with Crippen LogP contribution in [0, 0.1) is 0 Å². The molecule has 0 amide bonds. The van der Waals surface area contributed by atoms with Crippen LogP contribution in [0.2, 0.25) is 0 Å². The van der Waals surface area contributed by atoms with Gasteiger partial charge in [-0.25, -0.2) is 4.98 Å². The van der Waals surface area contributed by atoms with Gasteiger partial charge in [0.25, 0.3) is 0 Å². The van der Waals surface area contributed by atoms with Crippen LogP contribution in [0.5, 0.6) is 5.75 Å². The molecule has 0 bridgehead atoms. The van der Waals surface area contributed by atoms with Gasteiger partial charge < -0.3 is 4.74 Å². The summed E-state index contributed by atoms with van der Waals surface area (Å²) in [5.41, 5.74) is 0. The third-order valence-corrected chi connectivity index (χ3v) is 2.29. The molecule has 0 saturated heterocycles. The van der Waals surface area contributed by atoms with E-state index in [9.17, 15) is 0 Å². The van der Waals surface area contributed by atoms with Crippen LogP contribution in [0.25, 0.3) is 0 Å². The van der Waals surface area contributed by atoms with Crippen LogP contribution >= 0.6 is 15.9 Å². The minimum Gasteiger partial charge on any atom is -0.484 e. The first kappa shape index (κ1) is 10.1. The molecule has 0 aliphatic rings. The number of hydrogen-bond acceptors (Lipinski definition) is 4. The van der Waals surface area contributed by atoms with Gasteiger partial charge in [-0.1, -0.05) is 0 Å². The average molecular weight is 269 g/mol. The SMILES string of the molecule is Cn1ncnc1COc1cncc(Br)c1. The summed E-state index contributed by atoms with van der Waals surface area (Å²) in [6.07, 6.45) is 4.86.